The van der Waals surface area contributed by atoms with Crippen molar-refractivity contribution in [2.75, 3.05) is 7.05 Å². The summed E-state index contributed by atoms with van der Waals surface area (Å²) < 4.78 is 0. The highest BCUT2D eigenvalue weighted by Gasteiger charge is 2.28. The normalized spacial score (nSPS) is 22.7. The van der Waals surface area contributed by atoms with Gasteiger partial charge in [0.1, 0.15) is 6.04 Å². The van der Waals surface area contributed by atoms with Gasteiger partial charge < -0.3 is 5.32 Å². The topological polar surface area (TPSA) is 53.5 Å². The van der Waals surface area contributed by atoms with E-state index in [1.807, 2.05) is 31.2 Å². The van der Waals surface area contributed by atoms with Crippen molar-refractivity contribution in [2.45, 2.75) is 13.0 Å². The SMILES string of the molecule is CN=C1NC(=O)C(c2ccc(C)cc2)N1. The summed E-state index contributed by atoms with van der Waals surface area (Å²) in [4.78, 5) is 15.5. The van der Waals surface area contributed by atoms with Crippen molar-refractivity contribution in [2.24, 2.45) is 4.99 Å². The number of aliphatic imine (C=N–C) groups is 1. The lowest BCUT2D eigenvalue weighted by Crippen LogP contribution is -2.24. The number of carbonyl (C=O) groups excluding carboxylic acids is 1. The van der Waals surface area contributed by atoms with E-state index in [2.05, 4.69) is 15.6 Å². The maximum absolute atomic E-state index is 11.6. The van der Waals surface area contributed by atoms with Crippen LogP contribution in [0.2, 0.25) is 0 Å². The van der Waals surface area contributed by atoms with Crippen LogP contribution in [0.5, 0.6) is 0 Å². The molecule has 1 aromatic carbocycles. The Morgan fingerprint density at radius 2 is 1.93 bits per heavy atom. The smallest absolute Gasteiger partial charge is 0.253 e. The minimum atomic E-state index is -0.315. The van der Waals surface area contributed by atoms with Crippen LogP contribution < -0.4 is 10.6 Å². The molecule has 1 fully saturated rings. The Hall–Kier alpha value is -1.84. The first-order valence-electron chi connectivity index (χ1n) is 4.81. The van der Waals surface area contributed by atoms with Crippen LogP contribution in [-0.4, -0.2) is 18.9 Å². The minimum Gasteiger partial charge on any atom is -0.340 e. The first kappa shape index (κ1) is 9.71. The highest BCUT2D eigenvalue weighted by atomic mass is 16.2. The van der Waals surface area contributed by atoms with E-state index in [4.69, 9.17) is 0 Å². The number of guanidine groups is 1. The second-order valence-electron chi connectivity index (χ2n) is 3.55. The van der Waals surface area contributed by atoms with Crippen molar-refractivity contribution in [1.82, 2.24) is 10.6 Å². The van der Waals surface area contributed by atoms with Crippen molar-refractivity contribution >= 4 is 11.9 Å². The molecule has 0 radical (unpaired) electrons. The lowest BCUT2D eigenvalue weighted by Gasteiger charge is -2.07. The number of aryl methyl sites for hydroxylation is 1. The van der Waals surface area contributed by atoms with E-state index in [9.17, 15) is 4.79 Å². The van der Waals surface area contributed by atoms with Gasteiger partial charge in [-0.2, -0.15) is 0 Å². The quantitative estimate of drug-likeness (QED) is 0.707. The largest absolute Gasteiger partial charge is 0.340 e. The molecular weight excluding hydrogens is 190 g/mol. The number of benzene rings is 1. The van der Waals surface area contributed by atoms with E-state index in [0.717, 1.165) is 5.56 Å². The van der Waals surface area contributed by atoms with Gasteiger partial charge in [0.15, 0.2) is 5.96 Å². The molecule has 1 aliphatic rings. The fourth-order valence-corrected chi connectivity index (χ4v) is 1.54. The van der Waals surface area contributed by atoms with Crippen molar-refractivity contribution < 1.29 is 4.79 Å². The average Bonchev–Trinajstić information content (AvgIpc) is 2.61. The van der Waals surface area contributed by atoms with Crippen LogP contribution in [-0.2, 0) is 4.79 Å². The van der Waals surface area contributed by atoms with Crippen molar-refractivity contribution in [3.05, 3.63) is 35.4 Å². The third-order valence-electron chi connectivity index (χ3n) is 2.42. The number of nitrogens with one attached hydrogen (secondary N) is 2. The van der Waals surface area contributed by atoms with Gasteiger partial charge in [-0.15, -0.1) is 0 Å². The molecule has 0 saturated carbocycles. The van der Waals surface area contributed by atoms with Crippen LogP contribution in [0.1, 0.15) is 17.2 Å². The van der Waals surface area contributed by atoms with Crippen molar-refractivity contribution in [3.8, 4) is 0 Å². The van der Waals surface area contributed by atoms with E-state index in [1.54, 1.807) is 7.05 Å². The summed E-state index contributed by atoms with van der Waals surface area (Å²) >= 11 is 0. The van der Waals surface area contributed by atoms with Gasteiger partial charge in [-0.3, -0.25) is 15.1 Å². The molecule has 4 heteroatoms. The second-order valence-corrected chi connectivity index (χ2v) is 3.55. The summed E-state index contributed by atoms with van der Waals surface area (Å²) in [5.74, 6) is 0.477. The zero-order chi connectivity index (χ0) is 10.8. The number of hydrogen-bond donors (Lipinski definition) is 2. The molecule has 1 heterocycles. The predicted molar refractivity (Wildman–Crippen MR) is 58.6 cm³/mol. The van der Waals surface area contributed by atoms with E-state index in [0.29, 0.717) is 5.96 Å². The number of carbonyl (C=O) groups is 1. The molecule has 1 unspecified atom stereocenters. The monoisotopic (exact) mass is 203 g/mol. The van der Waals surface area contributed by atoms with Crippen LogP contribution in [0.3, 0.4) is 0 Å². The molecule has 2 N–H and O–H groups in total. The predicted octanol–water partition coefficient (Wildman–Crippen LogP) is 0.741. The molecule has 0 aromatic heterocycles. The van der Waals surface area contributed by atoms with Gasteiger partial charge in [-0.1, -0.05) is 29.8 Å². The fraction of sp³-hybridized carbons (Fsp3) is 0.273. The standard InChI is InChI=1S/C11H13N3O/c1-7-3-5-8(6-4-7)9-10(15)14-11(12-2)13-9/h3-6,9H,1-2H3,(H2,12,13,14,15). The van der Waals surface area contributed by atoms with E-state index >= 15 is 0 Å². The summed E-state index contributed by atoms with van der Waals surface area (Å²) in [6, 6.07) is 7.57. The van der Waals surface area contributed by atoms with E-state index < -0.39 is 0 Å². The van der Waals surface area contributed by atoms with Crippen LogP contribution in [0.25, 0.3) is 0 Å². The molecule has 1 atom stereocenters. The Kier molecular flexibility index (Phi) is 2.41. The molecule has 0 bridgehead atoms. The van der Waals surface area contributed by atoms with Gasteiger partial charge in [0.2, 0.25) is 0 Å². The molecular formula is C11H13N3O. The van der Waals surface area contributed by atoms with Gasteiger partial charge in [0, 0.05) is 7.05 Å². The highest BCUT2D eigenvalue weighted by Crippen LogP contribution is 2.16. The first-order valence-corrected chi connectivity index (χ1v) is 4.81. The number of rotatable bonds is 1. The summed E-state index contributed by atoms with van der Waals surface area (Å²) in [5.41, 5.74) is 2.14. The van der Waals surface area contributed by atoms with Crippen molar-refractivity contribution in [3.63, 3.8) is 0 Å². The minimum absolute atomic E-state index is 0.0561. The Morgan fingerprint density at radius 1 is 1.27 bits per heavy atom. The third-order valence-corrected chi connectivity index (χ3v) is 2.42. The zero-order valence-corrected chi connectivity index (χ0v) is 8.74. The Labute approximate surface area is 88.4 Å². The number of amides is 1. The molecule has 4 nitrogen and oxygen atoms in total. The second kappa shape index (κ2) is 3.73. The molecule has 0 spiro atoms. The van der Waals surface area contributed by atoms with Gasteiger partial charge in [-0.25, -0.2) is 0 Å². The average molecular weight is 203 g/mol. The highest BCUT2D eigenvalue weighted by molar-refractivity contribution is 6.06. The van der Waals surface area contributed by atoms with Gasteiger partial charge in [-0.05, 0) is 12.5 Å². The maximum Gasteiger partial charge on any atom is 0.253 e. The Morgan fingerprint density at radius 3 is 2.47 bits per heavy atom. The fourth-order valence-electron chi connectivity index (χ4n) is 1.54. The van der Waals surface area contributed by atoms with Crippen LogP contribution >= 0.6 is 0 Å². The molecule has 1 aliphatic heterocycles. The Bertz CT molecular complexity index is 408. The maximum atomic E-state index is 11.6. The number of nitrogens with zero attached hydrogens (tertiary/aromatic N) is 1. The lowest BCUT2D eigenvalue weighted by atomic mass is 10.1. The van der Waals surface area contributed by atoms with Gasteiger partial charge in [0.25, 0.3) is 5.91 Å². The van der Waals surface area contributed by atoms with Gasteiger partial charge >= 0.3 is 0 Å². The van der Waals surface area contributed by atoms with Crippen molar-refractivity contribution in [1.29, 1.82) is 0 Å². The molecule has 1 aromatic rings. The van der Waals surface area contributed by atoms with Crippen LogP contribution in [0, 0.1) is 6.92 Å². The van der Waals surface area contributed by atoms with Gasteiger partial charge in [0.05, 0.1) is 0 Å². The summed E-state index contributed by atoms with van der Waals surface area (Å²) in [6.45, 7) is 2.02. The summed E-state index contributed by atoms with van der Waals surface area (Å²) in [6.07, 6.45) is 0. The molecule has 2 rings (SSSR count). The Balaban J connectivity index is 2.25. The van der Waals surface area contributed by atoms with Crippen LogP contribution in [0.15, 0.2) is 29.3 Å². The molecule has 1 amide bonds. The zero-order valence-electron chi connectivity index (χ0n) is 8.74. The molecule has 15 heavy (non-hydrogen) atoms. The lowest BCUT2D eigenvalue weighted by molar-refractivity contribution is -0.120. The molecule has 1 saturated heterocycles. The van der Waals surface area contributed by atoms with Crippen LogP contribution in [0.4, 0.5) is 0 Å². The first-order chi connectivity index (χ1) is 7.20. The summed E-state index contributed by atoms with van der Waals surface area (Å²) in [7, 11) is 1.64. The van der Waals surface area contributed by atoms with E-state index in [-0.39, 0.29) is 11.9 Å². The number of hydrogen-bond acceptors (Lipinski definition) is 2. The third kappa shape index (κ3) is 1.83. The summed E-state index contributed by atoms with van der Waals surface area (Å²) in [5, 5.41) is 5.68. The molecule has 78 valence electrons. The van der Waals surface area contributed by atoms with E-state index in [1.165, 1.54) is 5.56 Å². The molecule has 0 aliphatic carbocycles.